The number of carbonyl (C=O) groups is 2. The molecule has 0 spiro atoms. The van der Waals surface area contributed by atoms with Gasteiger partial charge >= 0.3 is 6.03 Å². The molecule has 0 bridgehead atoms. The summed E-state index contributed by atoms with van der Waals surface area (Å²) in [5.41, 5.74) is 1.75. The maximum atomic E-state index is 13.1. The van der Waals surface area contributed by atoms with Gasteiger partial charge in [0.25, 0.3) is 5.91 Å². The van der Waals surface area contributed by atoms with Crippen molar-refractivity contribution in [2.24, 2.45) is 0 Å². The first-order valence-electron chi connectivity index (χ1n) is 8.01. The van der Waals surface area contributed by atoms with E-state index in [1.165, 1.54) is 30.5 Å². The quantitative estimate of drug-likeness (QED) is 0.635. The van der Waals surface area contributed by atoms with Gasteiger partial charge in [-0.05, 0) is 43.3 Å². The van der Waals surface area contributed by atoms with Crippen LogP contribution < -0.4 is 10.6 Å². The molecule has 0 saturated carbocycles. The maximum Gasteiger partial charge on any atom is 0.327 e. The molecule has 1 aromatic heterocycles. The van der Waals surface area contributed by atoms with Gasteiger partial charge in [0, 0.05) is 5.56 Å². The Hall–Kier alpha value is -3.03. The van der Waals surface area contributed by atoms with E-state index in [0.29, 0.717) is 17.0 Å². The molecule has 9 heteroatoms. The zero-order valence-electron chi connectivity index (χ0n) is 14.5. The predicted octanol–water partition coefficient (Wildman–Crippen LogP) is 4.86. The van der Waals surface area contributed by atoms with E-state index in [-0.39, 0.29) is 27.2 Å². The Balaban J connectivity index is 1.71. The Kier molecular flexibility index (Phi) is 5.87. The van der Waals surface area contributed by atoms with E-state index in [1.807, 2.05) is 0 Å². The average molecular weight is 419 g/mol. The number of aromatic nitrogens is 2. The number of aryl methyl sites for hydroxylation is 1. The van der Waals surface area contributed by atoms with Gasteiger partial charge in [0.1, 0.15) is 5.82 Å². The number of anilines is 1. The largest absolute Gasteiger partial charge is 0.327 e. The lowest BCUT2D eigenvalue weighted by molar-refractivity contribution is 0.0967. The van der Waals surface area contributed by atoms with Crippen molar-refractivity contribution < 1.29 is 14.0 Å². The van der Waals surface area contributed by atoms with E-state index in [0.717, 1.165) is 0 Å². The van der Waals surface area contributed by atoms with Crippen LogP contribution in [0.25, 0.3) is 11.3 Å². The molecule has 0 unspecified atom stereocenters. The van der Waals surface area contributed by atoms with Gasteiger partial charge in [-0.25, -0.2) is 14.2 Å². The second-order valence-electron chi connectivity index (χ2n) is 5.70. The van der Waals surface area contributed by atoms with Crippen LogP contribution in [0.2, 0.25) is 10.0 Å². The highest BCUT2D eigenvalue weighted by atomic mass is 35.5. The first-order valence-corrected chi connectivity index (χ1v) is 8.76. The molecule has 0 aliphatic rings. The van der Waals surface area contributed by atoms with Crippen LogP contribution in [0.4, 0.5) is 15.0 Å². The summed E-state index contributed by atoms with van der Waals surface area (Å²) in [4.78, 5) is 32.8. The topological polar surface area (TPSA) is 84.0 Å². The molecule has 0 atom stereocenters. The third kappa shape index (κ3) is 4.44. The number of nitrogens with zero attached hydrogens (tertiary/aromatic N) is 2. The fourth-order valence-corrected chi connectivity index (χ4v) is 3.03. The van der Waals surface area contributed by atoms with Crippen LogP contribution in [0.15, 0.2) is 48.7 Å². The lowest BCUT2D eigenvalue weighted by Crippen LogP contribution is -2.35. The van der Waals surface area contributed by atoms with Crippen LogP contribution in [0.3, 0.4) is 0 Å². The summed E-state index contributed by atoms with van der Waals surface area (Å²) in [6.07, 6.45) is 1.33. The fraction of sp³-hybridized carbons (Fsp3) is 0.0526. The van der Waals surface area contributed by atoms with Gasteiger partial charge in [-0.3, -0.25) is 20.4 Å². The van der Waals surface area contributed by atoms with E-state index < -0.39 is 11.9 Å². The Labute approximate surface area is 169 Å². The molecule has 3 aromatic rings. The minimum atomic E-state index is -0.816. The molecule has 0 fully saturated rings. The number of urea groups is 1. The molecule has 28 heavy (non-hydrogen) atoms. The number of nitrogens with one attached hydrogen (secondary N) is 2. The van der Waals surface area contributed by atoms with E-state index in [1.54, 1.807) is 25.1 Å². The van der Waals surface area contributed by atoms with Crippen LogP contribution in [-0.2, 0) is 0 Å². The van der Waals surface area contributed by atoms with Gasteiger partial charge in [-0.15, -0.1) is 0 Å². The summed E-state index contributed by atoms with van der Waals surface area (Å²) in [7, 11) is 0. The molecule has 2 aromatic carbocycles. The highest BCUT2D eigenvalue weighted by Gasteiger charge is 2.17. The van der Waals surface area contributed by atoms with Crippen LogP contribution >= 0.6 is 23.2 Å². The Bertz CT molecular complexity index is 1040. The Morgan fingerprint density at radius 1 is 1.04 bits per heavy atom. The molecule has 2 N–H and O–H groups in total. The van der Waals surface area contributed by atoms with Crippen LogP contribution in [0.1, 0.15) is 16.1 Å². The molecule has 0 saturated heterocycles. The highest BCUT2D eigenvalue weighted by Crippen LogP contribution is 2.24. The van der Waals surface area contributed by atoms with Crippen molar-refractivity contribution in [3.8, 4) is 11.3 Å². The molecule has 0 aliphatic heterocycles. The monoisotopic (exact) mass is 418 g/mol. The van der Waals surface area contributed by atoms with Gasteiger partial charge in [-0.2, -0.15) is 0 Å². The molecule has 0 radical (unpaired) electrons. The fourth-order valence-electron chi connectivity index (χ4n) is 2.46. The second kappa shape index (κ2) is 8.33. The number of hydrogen-bond donors (Lipinski definition) is 2. The molecular weight excluding hydrogens is 406 g/mol. The van der Waals surface area contributed by atoms with Crippen molar-refractivity contribution in [1.29, 1.82) is 0 Å². The summed E-state index contributed by atoms with van der Waals surface area (Å²) < 4.78 is 13.1. The lowest BCUT2D eigenvalue weighted by atomic mass is 10.1. The maximum absolute atomic E-state index is 13.1. The number of halogens is 3. The smallest absolute Gasteiger partial charge is 0.291 e. The number of benzene rings is 2. The molecule has 6 nitrogen and oxygen atoms in total. The first kappa shape index (κ1) is 19.7. The average Bonchev–Trinajstić information content (AvgIpc) is 2.62. The number of rotatable bonds is 3. The van der Waals surface area contributed by atoms with Crippen molar-refractivity contribution >= 4 is 41.0 Å². The standard InChI is InChI=1S/C19H13Cl2FN4O2/c1-10-17(11-5-7-12(22)8-6-11)23-9-15(24-10)25-19(28)26-18(27)16-13(20)3-2-4-14(16)21/h2-9H,1H3,(H2,24,25,26,27,28). The molecule has 0 aliphatic carbocycles. The summed E-state index contributed by atoms with van der Waals surface area (Å²) >= 11 is 11.9. The third-order valence-corrected chi connectivity index (χ3v) is 4.35. The number of amides is 3. The predicted molar refractivity (Wildman–Crippen MR) is 105 cm³/mol. The van der Waals surface area contributed by atoms with E-state index >= 15 is 0 Å². The van der Waals surface area contributed by atoms with E-state index in [4.69, 9.17) is 23.2 Å². The van der Waals surface area contributed by atoms with Gasteiger partial charge < -0.3 is 0 Å². The Morgan fingerprint density at radius 2 is 1.68 bits per heavy atom. The summed E-state index contributed by atoms with van der Waals surface area (Å²) in [5, 5.41) is 4.80. The molecule has 3 amide bonds. The van der Waals surface area contributed by atoms with E-state index in [9.17, 15) is 14.0 Å². The number of imide groups is 1. The molecule has 3 rings (SSSR count). The molecule has 142 valence electrons. The van der Waals surface area contributed by atoms with Crippen LogP contribution in [0, 0.1) is 12.7 Å². The first-order chi connectivity index (χ1) is 13.3. The lowest BCUT2D eigenvalue weighted by Gasteiger charge is -2.10. The summed E-state index contributed by atoms with van der Waals surface area (Å²) in [6.45, 7) is 1.70. The van der Waals surface area contributed by atoms with Crippen LogP contribution in [-0.4, -0.2) is 21.9 Å². The van der Waals surface area contributed by atoms with E-state index in [2.05, 4.69) is 20.6 Å². The number of carbonyl (C=O) groups excluding carboxylic acids is 2. The number of hydrogen-bond acceptors (Lipinski definition) is 4. The SMILES string of the molecule is Cc1nc(NC(=O)NC(=O)c2c(Cl)cccc2Cl)cnc1-c1ccc(F)cc1. The van der Waals surface area contributed by atoms with Crippen molar-refractivity contribution in [2.75, 3.05) is 5.32 Å². The minimum Gasteiger partial charge on any atom is -0.291 e. The Morgan fingerprint density at radius 3 is 2.29 bits per heavy atom. The molecular formula is C19H13Cl2FN4O2. The second-order valence-corrected chi connectivity index (χ2v) is 6.52. The van der Waals surface area contributed by atoms with Crippen LogP contribution in [0.5, 0.6) is 0 Å². The minimum absolute atomic E-state index is 0.00472. The highest BCUT2D eigenvalue weighted by molar-refractivity contribution is 6.40. The zero-order valence-corrected chi connectivity index (χ0v) is 16.0. The molecule has 1 heterocycles. The summed E-state index contributed by atoms with van der Waals surface area (Å²) in [6, 6.07) is 9.55. The van der Waals surface area contributed by atoms with Gasteiger partial charge in [0.15, 0.2) is 5.82 Å². The summed E-state index contributed by atoms with van der Waals surface area (Å²) in [5.74, 6) is -0.966. The van der Waals surface area contributed by atoms with Crippen molar-refractivity contribution in [3.05, 3.63) is 75.8 Å². The zero-order chi connectivity index (χ0) is 20.3. The van der Waals surface area contributed by atoms with Crippen molar-refractivity contribution in [2.45, 2.75) is 6.92 Å². The normalized spacial score (nSPS) is 10.4. The van der Waals surface area contributed by atoms with Gasteiger partial charge in [0.2, 0.25) is 0 Å². The van der Waals surface area contributed by atoms with Crippen molar-refractivity contribution in [1.82, 2.24) is 15.3 Å². The van der Waals surface area contributed by atoms with Gasteiger partial charge in [-0.1, -0.05) is 29.3 Å². The van der Waals surface area contributed by atoms with Gasteiger partial charge in [0.05, 0.1) is 33.2 Å². The third-order valence-electron chi connectivity index (χ3n) is 3.72. The van der Waals surface area contributed by atoms with Crippen molar-refractivity contribution in [3.63, 3.8) is 0 Å².